The highest BCUT2D eigenvalue weighted by Crippen LogP contribution is 2.44. The van der Waals surface area contributed by atoms with E-state index in [-0.39, 0.29) is 0 Å². The summed E-state index contributed by atoms with van der Waals surface area (Å²) in [6.07, 6.45) is 0.749. The van der Waals surface area contributed by atoms with Crippen LogP contribution in [0.3, 0.4) is 0 Å². The number of hydrogen-bond donors (Lipinski definition) is 2. The van der Waals surface area contributed by atoms with Gasteiger partial charge in [0, 0.05) is 17.7 Å². The Kier molecular flexibility index (Phi) is 5.71. The van der Waals surface area contributed by atoms with Crippen molar-refractivity contribution >= 4 is 17.9 Å². The lowest BCUT2D eigenvalue weighted by Crippen LogP contribution is -2.41. The van der Waals surface area contributed by atoms with Crippen LogP contribution in [0.15, 0.2) is 48.5 Å². The predicted octanol–water partition coefficient (Wildman–Crippen LogP) is 2.70. The molecule has 0 saturated heterocycles. The van der Waals surface area contributed by atoms with E-state index < -0.39 is 30.4 Å². The van der Waals surface area contributed by atoms with E-state index in [0.717, 1.165) is 6.42 Å². The van der Waals surface area contributed by atoms with Gasteiger partial charge in [-0.15, -0.1) is 0 Å². The molecule has 0 unspecified atom stereocenters. The number of hydrogen-bond acceptors (Lipinski definition) is 5. The molecule has 2 aromatic rings. The summed E-state index contributed by atoms with van der Waals surface area (Å²) in [5.74, 6) is -0.830. The lowest BCUT2D eigenvalue weighted by atomic mass is 9.88. The van der Waals surface area contributed by atoms with Crippen LogP contribution in [-0.4, -0.2) is 31.1 Å². The van der Waals surface area contributed by atoms with E-state index in [1.165, 1.54) is 0 Å². The fourth-order valence-corrected chi connectivity index (χ4v) is 2.83. The van der Waals surface area contributed by atoms with Crippen molar-refractivity contribution in [2.45, 2.75) is 19.3 Å². The molecule has 0 bridgehead atoms. The Morgan fingerprint density at radius 1 is 1.00 bits per heavy atom. The Bertz CT molecular complexity index is 819. The van der Waals surface area contributed by atoms with E-state index in [9.17, 15) is 14.4 Å². The molecule has 140 valence electrons. The molecule has 1 aliphatic rings. The Labute approximate surface area is 156 Å². The van der Waals surface area contributed by atoms with Crippen molar-refractivity contribution in [2.75, 3.05) is 13.2 Å². The Hall–Kier alpha value is -3.35. The first-order chi connectivity index (χ1) is 13.1. The van der Waals surface area contributed by atoms with Gasteiger partial charge in [0.25, 0.3) is 5.91 Å². The van der Waals surface area contributed by atoms with Gasteiger partial charge in [0.05, 0.1) is 0 Å². The van der Waals surface area contributed by atoms with E-state index >= 15 is 0 Å². The molecule has 0 aliphatic carbocycles. The third-order valence-corrected chi connectivity index (χ3v) is 4.05. The van der Waals surface area contributed by atoms with Crippen LogP contribution < -0.4 is 15.4 Å². The molecule has 0 aromatic heterocycles. The number of benzene rings is 2. The lowest BCUT2D eigenvalue weighted by molar-refractivity contribution is -0.149. The second-order valence-electron chi connectivity index (χ2n) is 6.02. The summed E-state index contributed by atoms with van der Waals surface area (Å²) in [7, 11) is 0. The van der Waals surface area contributed by atoms with Crippen LogP contribution in [-0.2, 0) is 14.3 Å². The SMILES string of the molecule is CCCNC(=O)NC(=O)COC(=O)C1c2ccccc2Oc2ccccc21. The number of carbonyl (C=O) groups excluding carboxylic acids is 3. The average Bonchev–Trinajstić information content (AvgIpc) is 2.68. The molecule has 3 amide bonds. The minimum atomic E-state index is -0.701. The zero-order chi connectivity index (χ0) is 19.2. The first-order valence-corrected chi connectivity index (χ1v) is 8.70. The lowest BCUT2D eigenvalue weighted by Gasteiger charge is -2.26. The summed E-state index contributed by atoms with van der Waals surface area (Å²) < 4.78 is 11.0. The molecule has 27 heavy (non-hydrogen) atoms. The smallest absolute Gasteiger partial charge is 0.321 e. The second-order valence-corrected chi connectivity index (χ2v) is 6.02. The van der Waals surface area contributed by atoms with Crippen LogP contribution >= 0.6 is 0 Å². The van der Waals surface area contributed by atoms with E-state index in [1.54, 1.807) is 36.4 Å². The molecule has 7 nitrogen and oxygen atoms in total. The summed E-state index contributed by atoms with van der Waals surface area (Å²) in [4.78, 5) is 36.0. The Balaban J connectivity index is 1.70. The van der Waals surface area contributed by atoms with Gasteiger partial charge in [-0.3, -0.25) is 14.9 Å². The van der Waals surface area contributed by atoms with Gasteiger partial charge in [0.1, 0.15) is 17.4 Å². The third kappa shape index (κ3) is 4.25. The highest BCUT2D eigenvalue weighted by Gasteiger charge is 2.33. The number of esters is 1. The maximum atomic E-state index is 12.7. The van der Waals surface area contributed by atoms with Crippen molar-refractivity contribution in [1.82, 2.24) is 10.6 Å². The van der Waals surface area contributed by atoms with E-state index in [1.807, 2.05) is 19.1 Å². The topological polar surface area (TPSA) is 93.7 Å². The van der Waals surface area contributed by atoms with Crippen molar-refractivity contribution in [2.24, 2.45) is 0 Å². The fourth-order valence-electron chi connectivity index (χ4n) is 2.83. The number of para-hydroxylation sites is 2. The zero-order valence-corrected chi connectivity index (χ0v) is 14.9. The van der Waals surface area contributed by atoms with Crippen molar-refractivity contribution in [1.29, 1.82) is 0 Å². The average molecular weight is 368 g/mol. The van der Waals surface area contributed by atoms with Crippen molar-refractivity contribution in [3.63, 3.8) is 0 Å². The number of nitrogens with one attached hydrogen (secondary N) is 2. The summed E-state index contributed by atoms with van der Waals surface area (Å²) >= 11 is 0. The van der Waals surface area contributed by atoms with Crippen LogP contribution in [0.5, 0.6) is 11.5 Å². The fraction of sp³-hybridized carbons (Fsp3) is 0.250. The molecule has 0 atom stereocenters. The molecule has 0 spiro atoms. The van der Waals surface area contributed by atoms with Gasteiger partial charge in [-0.1, -0.05) is 43.3 Å². The van der Waals surface area contributed by atoms with Gasteiger partial charge in [0.15, 0.2) is 6.61 Å². The minimum absolute atomic E-state index is 0.453. The van der Waals surface area contributed by atoms with Crippen LogP contribution in [0.2, 0.25) is 0 Å². The van der Waals surface area contributed by atoms with Crippen molar-refractivity contribution in [3.8, 4) is 11.5 Å². The van der Waals surface area contributed by atoms with Gasteiger partial charge in [0.2, 0.25) is 0 Å². The molecule has 0 fully saturated rings. The number of rotatable bonds is 5. The molecular weight excluding hydrogens is 348 g/mol. The van der Waals surface area contributed by atoms with Gasteiger partial charge in [-0.25, -0.2) is 4.79 Å². The molecule has 3 rings (SSSR count). The maximum absolute atomic E-state index is 12.7. The van der Waals surface area contributed by atoms with Crippen molar-refractivity contribution in [3.05, 3.63) is 59.7 Å². The number of carbonyl (C=O) groups is 3. The van der Waals surface area contributed by atoms with Crippen LogP contribution in [0.1, 0.15) is 30.4 Å². The molecule has 0 saturated carbocycles. The highest BCUT2D eigenvalue weighted by molar-refractivity contribution is 5.96. The number of urea groups is 1. The normalized spacial score (nSPS) is 12.2. The Morgan fingerprint density at radius 3 is 2.19 bits per heavy atom. The minimum Gasteiger partial charge on any atom is -0.457 e. The second kappa shape index (κ2) is 8.35. The molecule has 1 aliphatic heterocycles. The number of imide groups is 1. The molecule has 0 radical (unpaired) electrons. The molecule has 2 aromatic carbocycles. The van der Waals surface area contributed by atoms with Gasteiger partial charge >= 0.3 is 12.0 Å². The molecular formula is C20H20N2O5. The largest absolute Gasteiger partial charge is 0.457 e. The summed E-state index contributed by atoms with van der Waals surface area (Å²) in [6.45, 7) is 1.81. The number of amides is 3. The van der Waals surface area contributed by atoms with E-state index in [2.05, 4.69) is 10.6 Å². The zero-order valence-electron chi connectivity index (χ0n) is 14.9. The van der Waals surface area contributed by atoms with Crippen LogP contribution in [0, 0.1) is 0 Å². The van der Waals surface area contributed by atoms with Gasteiger partial charge in [-0.2, -0.15) is 0 Å². The van der Waals surface area contributed by atoms with Crippen LogP contribution in [0.4, 0.5) is 4.79 Å². The monoisotopic (exact) mass is 368 g/mol. The maximum Gasteiger partial charge on any atom is 0.321 e. The summed E-state index contributed by atoms with van der Waals surface area (Å²) in [6, 6.07) is 13.8. The third-order valence-electron chi connectivity index (χ3n) is 4.05. The quantitative estimate of drug-likeness (QED) is 0.792. The van der Waals surface area contributed by atoms with E-state index in [0.29, 0.717) is 29.2 Å². The molecule has 2 N–H and O–H groups in total. The summed E-state index contributed by atoms with van der Waals surface area (Å²) in [5.41, 5.74) is 1.34. The standard InChI is InChI=1S/C20H20N2O5/c1-2-11-21-20(25)22-17(23)12-26-19(24)18-13-7-3-5-9-15(13)27-16-10-6-4-8-14(16)18/h3-10,18H,2,11-12H2,1H3,(H2,21,22,23,25). The molecule has 1 heterocycles. The van der Waals surface area contributed by atoms with E-state index in [4.69, 9.17) is 9.47 Å². The first kappa shape index (κ1) is 18.4. The van der Waals surface area contributed by atoms with Gasteiger partial charge < -0.3 is 14.8 Å². The molecule has 7 heteroatoms. The predicted molar refractivity (Wildman–Crippen MR) is 97.6 cm³/mol. The summed E-state index contributed by atoms with van der Waals surface area (Å²) in [5, 5.41) is 4.63. The number of fused-ring (bicyclic) bond motifs is 2. The highest BCUT2D eigenvalue weighted by atomic mass is 16.5. The first-order valence-electron chi connectivity index (χ1n) is 8.70. The van der Waals surface area contributed by atoms with Gasteiger partial charge in [-0.05, 0) is 18.6 Å². The number of ether oxygens (including phenoxy) is 2. The van der Waals surface area contributed by atoms with Crippen molar-refractivity contribution < 1.29 is 23.9 Å². The Morgan fingerprint density at radius 2 is 1.59 bits per heavy atom. The van der Waals surface area contributed by atoms with Crippen LogP contribution in [0.25, 0.3) is 0 Å².